The number of hydrogen-bond donors (Lipinski definition) is 0. The third kappa shape index (κ3) is 10.4. The van der Waals surface area contributed by atoms with E-state index in [-0.39, 0.29) is 0 Å². The van der Waals surface area contributed by atoms with Crippen molar-refractivity contribution < 1.29 is 28.4 Å². The topological polar surface area (TPSA) is 81.2 Å². The van der Waals surface area contributed by atoms with Gasteiger partial charge in [0.2, 0.25) is 0 Å². The summed E-state index contributed by atoms with van der Waals surface area (Å²) in [6.07, 6.45) is 3.88. The van der Waals surface area contributed by atoms with Crippen LogP contribution in [0.3, 0.4) is 0 Å². The Labute approximate surface area is 270 Å². The summed E-state index contributed by atoms with van der Waals surface area (Å²) in [4.78, 5) is 9.69. The molecule has 0 atom stereocenters. The molecule has 8 heteroatoms. The molecule has 2 heterocycles. The maximum absolute atomic E-state index is 5.84. The maximum Gasteiger partial charge on any atom is 0.119 e. The van der Waals surface area contributed by atoms with Gasteiger partial charge in [-0.3, -0.25) is 4.98 Å². The van der Waals surface area contributed by atoms with Crippen LogP contribution >= 0.6 is 0 Å². The normalized spacial score (nSPS) is 11.5. The van der Waals surface area contributed by atoms with Gasteiger partial charge < -0.3 is 28.4 Å². The van der Waals surface area contributed by atoms with Crippen LogP contribution < -0.4 is 9.47 Å². The third-order valence-corrected chi connectivity index (χ3v) is 7.16. The first-order valence-corrected chi connectivity index (χ1v) is 15.7. The number of fused-ring (bicyclic) bond motifs is 3. The zero-order valence-corrected chi connectivity index (χ0v) is 26.7. The molecule has 3 aromatic carbocycles. The summed E-state index contributed by atoms with van der Waals surface area (Å²) in [5, 5.41) is 2.17. The van der Waals surface area contributed by atoms with Crippen LogP contribution in [-0.4, -0.2) is 76.0 Å². The molecular weight excluding hydrogens is 580 g/mol. The Hall–Kier alpha value is -4.34. The van der Waals surface area contributed by atoms with Crippen molar-refractivity contribution in [1.29, 1.82) is 0 Å². The van der Waals surface area contributed by atoms with Crippen LogP contribution in [0.15, 0.2) is 97.1 Å². The summed E-state index contributed by atoms with van der Waals surface area (Å²) in [7, 11) is 0. The minimum absolute atomic E-state index is 0.464. The van der Waals surface area contributed by atoms with E-state index in [0.29, 0.717) is 66.1 Å². The monoisotopic (exact) mass is 622 g/mol. The van der Waals surface area contributed by atoms with E-state index in [1.54, 1.807) is 0 Å². The van der Waals surface area contributed by atoms with Gasteiger partial charge in [-0.15, -0.1) is 0 Å². The zero-order valence-electron chi connectivity index (χ0n) is 26.7. The number of aryl methyl sites for hydroxylation is 2. The number of benzene rings is 3. The molecule has 0 spiro atoms. The first-order valence-electron chi connectivity index (χ1n) is 15.7. The van der Waals surface area contributed by atoms with Gasteiger partial charge in [-0.2, -0.15) is 0 Å². The largest absolute Gasteiger partial charge is 0.491 e. The summed E-state index contributed by atoms with van der Waals surface area (Å²) in [6, 6.07) is 28.4. The lowest BCUT2D eigenvalue weighted by Crippen LogP contribution is -2.11. The van der Waals surface area contributed by atoms with Crippen molar-refractivity contribution in [2.24, 2.45) is 0 Å². The first-order chi connectivity index (χ1) is 22.7. The average Bonchev–Trinajstić information content (AvgIpc) is 3.08. The van der Waals surface area contributed by atoms with Crippen LogP contribution in [0, 0.1) is 13.8 Å². The quantitative estimate of drug-likeness (QED) is 0.0546. The van der Waals surface area contributed by atoms with Crippen LogP contribution in [0.5, 0.6) is 11.5 Å². The van der Waals surface area contributed by atoms with Crippen molar-refractivity contribution in [3.8, 4) is 22.8 Å². The fourth-order valence-electron chi connectivity index (χ4n) is 4.70. The smallest absolute Gasteiger partial charge is 0.119 e. The molecule has 0 unspecified atom stereocenters. The van der Waals surface area contributed by atoms with Gasteiger partial charge in [-0.05, 0) is 62.4 Å². The Bertz CT molecular complexity index is 1670. The summed E-state index contributed by atoms with van der Waals surface area (Å²) in [5.74, 6) is 1.65. The minimum atomic E-state index is 0.464. The number of nitrogens with zero attached hydrogens (tertiary/aromatic N) is 2. The highest BCUT2D eigenvalue weighted by atomic mass is 16.5. The molecule has 0 amide bonds. The molecule has 0 aliphatic heterocycles. The molecule has 46 heavy (non-hydrogen) atoms. The second-order valence-corrected chi connectivity index (χ2v) is 10.7. The second-order valence-electron chi connectivity index (χ2n) is 10.7. The minimum Gasteiger partial charge on any atom is -0.491 e. The highest BCUT2D eigenvalue weighted by Crippen LogP contribution is 2.27. The molecule has 0 saturated carbocycles. The number of ether oxygens (including phenoxy) is 6. The molecule has 8 nitrogen and oxygen atoms in total. The molecule has 240 valence electrons. The van der Waals surface area contributed by atoms with E-state index in [1.165, 1.54) is 5.56 Å². The second kappa shape index (κ2) is 18.0. The van der Waals surface area contributed by atoms with Crippen molar-refractivity contribution in [3.63, 3.8) is 0 Å². The van der Waals surface area contributed by atoms with E-state index in [2.05, 4.69) is 31.2 Å². The van der Waals surface area contributed by atoms with Gasteiger partial charge in [0, 0.05) is 22.0 Å². The van der Waals surface area contributed by atoms with Gasteiger partial charge >= 0.3 is 0 Å². The van der Waals surface area contributed by atoms with Crippen molar-refractivity contribution in [3.05, 3.63) is 108 Å². The molecule has 5 aromatic rings. The SMILES string of the molecule is Cc1ccc(OCCOCCOC/C=C\COCCOCCOc2ccc(-c3ccc4ccc5ccc(C)nc5c4n3)cc2)cc1. The third-order valence-electron chi connectivity index (χ3n) is 7.16. The van der Waals surface area contributed by atoms with Gasteiger partial charge in [0.05, 0.1) is 69.6 Å². The summed E-state index contributed by atoms with van der Waals surface area (Å²) >= 11 is 0. The summed E-state index contributed by atoms with van der Waals surface area (Å²) < 4.78 is 33.7. The van der Waals surface area contributed by atoms with E-state index < -0.39 is 0 Å². The van der Waals surface area contributed by atoms with Crippen LogP contribution in [0.25, 0.3) is 33.1 Å². The van der Waals surface area contributed by atoms with E-state index in [9.17, 15) is 0 Å². The van der Waals surface area contributed by atoms with Crippen molar-refractivity contribution in [2.45, 2.75) is 13.8 Å². The Balaban J connectivity index is 0.873. The molecule has 0 saturated heterocycles. The fourth-order valence-corrected chi connectivity index (χ4v) is 4.70. The predicted molar refractivity (Wildman–Crippen MR) is 182 cm³/mol. The zero-order chi connectivity index (χ0) is 31.8. The average molecular weight is 623 g/mol. The van der Waals surface area contributed by atoms with Gasteiger partial charge in [-0.1, -0.05) is 54.1 Å². The molecule has 0 aliphatic rings. The molecule has 5 rings (SSSR count). The van der Waals surface area contributed by atoms with Crippen molar-refractivity contribution in [1.82, 2.24) is 9.97 Å². The van der Waals surface area contributed by atoms with Crippen LogP contribution in [0.2, 0.25) is 0 Å². The Morgan fingerprint density at radius 1 is 0.478 bits per heavy atom. The Morgan fingerprint density at radius 3 is 1.57 bits per heavy atom. The number of rotatable bonds is 19. The van der Waals surface area contributed by atoms with Gasteiger partial charge in [0.1, 0.15) is 24.7 Å². The van der Waals surface area contributed by atoms with Crippen molar-refractivity contribution in [2.75, 3.05) is 66.1 Å². The number of aromatic nitrogens is 2. The summed E-state index contributed by atoms with van der Waals surface area (Å²) in [5.41, 5.74) is 5.97. The fraction of sp³-hybridized carbons (Fsp3) is 0.316. The standard InChI is InChI=1S/C38H42N2O6/c1-29-5-14-34(15-6-29)45-27-25-43-23-21-41-19-3-4-20-42-22-24-44-26-28-46-35-16-11-31(12-17-35)36-18-13-33-10-9-32-8-7-30(2)39-37(32)38(33)40-36/h3-18H,19-28H2,1-2H3/b4-3-. The highest BCUT2D eigenvalue weighted by Gasteiger charge is 2.07. The predicted octanol–water partition coefficient (Wildman–Crippen LogP) is 7.15. The lowest BCUT2D eigenvalue weighted by atomic mass is 10.1. The Morgan fingerprint density at radius 2 is 0.957 bits per heavy atom. The van der Waals surface area contributed by atoms with E-state index >= 15 is 0 Å². The van der Waals surface area contributed by atoms with E-state index in [1.807, 2.05) is 79.7 Å². The molecule has 0 radical (unpaired) electrons. The molecule has 0 bridgehead atoms. The molecule has 0 aliphatic carbocycles. The number of pyridine rings is 2. The molecule has 0 N–H and O–H groups in total. The molecule has 2 aromatic heterocycles. The van der Waals surface area contributed by atoms with Crippen molar-refractivity contribution >= 4 is 21.8 Å². The number of hydrogen-bond acceptors (Lipinski definition) is 8. The Kier molecular flexibility index (Phi) is 12.9. The van der Waals surface area contributed by atoms with E-state index in [4.69, 9.17) is 38.4 Å². The molecular formula is C38H42N2O6. The van der Waals surface area contributed by atoms with Crippen LogP contribution in [0.4, 0.5) is 0 Å². The maximum atomic E-state index is 5.84. The van der Waals surface area contributed by atoms with Gasteiger partial charge in [0.15, 0.2) is 0 Å². The van der Waals surface area contributed by atoms with E-state index in [0.717, 1.165) is 50.3 Å². The van der Waals surface area contributed by atoms with Crippen LogP contribution in [-0.2, 0) is 18.9 Å². The summed E-state index contributed by atoms with van der Waals surface area (Å²) in [6.45, 7) is 9.19. The lowest BCUT2D eigenvalue weighted by molar-refractivity contribution is 0.0424. The highest BCUT2D eigenvalue weighted by molar-refractivity contribution is 6.03. The first kappa shape index (κ1) is 33.0. The molecule has 0 fully saturated rings. The van der Waals surface area contributed by atoms with Gasteiger partial charge in [0.25, 0.3) is 0 Å². The van der Waals surface area contributed by atoms with Crippen LogP contribution in [0.1, 0.15) is 11.3 Å². The van der Waals surface area contributed by atoms with Gasteiger partial charge in [-0.25, -0.2) is 4.98 Å². The lowest BCUT2D eigenvalue weighted by Gasteiger charge is -2.09.